The van der Waals surface area contributed by atoms with Gasteiger partial charge in [-0.2, -0.15) is 5.26 Å². The Morgan fingerprint density at radius 2 is 2.38 bits per heavy atom. The van der Waals surface area contributed by atoms with E-state index in [1.54, 1.807) is 18.2 Å². The maximum absolute atomic E-state index is 10.7. The summed E-state index contributed by atoms with van der Waals surface area (Å²) >= 11 is 1.23. The van der Waals surface area contributed by atoms with Crippen LogP contribution in [-0.4, -0.2) is 10.9 Å². The topological polar surface area (TPSA) is 66.9 Å². The molecular weight excluding hydrogens is 220 g/mol. The first kappa shape index (κ1) is 12.3. The zero-order valence-corrected chi connectivity index (χ0v) is 9.75. The minimum Gasteiger partial charge on any atom is -0.398 e. The van der Waals surface area contributed by atoms with Gasteiger partial charge in [0, 0.05) is 18.4 Å². The molecule has 3 nitrogen and oxygen atoms in total. The standard InChI is InChI=1S/C12H12N2OS/c1-9(15)16-6-2-3-11-7-10(8-13)4-5-12(11)14/h2-5,7H,6,14H2,1H3. The van der Waals surface area contributed by atoms with Crippen molar-refractivity contribution in [3.05, 3.63) is 35.4 Å². The molecule has 0 aromatic heterocycles. The van der Waals surface area contributed by atoms with Gasteiger partial charge < -0.3 is 5.73 Å². The second-order valence-corrected chi connectivity index (χ2v) is 4.36. The molecule has 0 saturated heterocycles. The third kappa shape index (κ3) is 3.79. The van der Waals surface area contributed by atoms with E-state index in [9.17, 15) is 4.79 Å². The first-order valence-electron chi connectivity index (χ1n) is 4.73. The number of anilines is 1. The Balaban J connectivity index is 2.73. The van der Waals surface area contributed by atoms with Crippen molar-refractivity contribution in [1.29, 1.82) is 5.26 Å². The van der Waals surface area contributed by atoms with Crippen molar-refractivity contribution in [2.24, 2.45) is 0 Å². The first-order valence-corrected chi connectivity index (χ1v) is 5.71. The normalized spacial score (nSPS) is 10.2. The average Bonchev–Trinajstić information content (AvgIpc) is 2.26. The maximum atomic E-state index is 10.7. The van der Waals surface area contributed by atoms with Crippen LogP contribution < -0.4 is 5.73 Å². The molecule has 0 saturated carbocycles. The van der Waals surface area contributed by atoms with Gasteiger partial charge >= 0.3 is 0 Å². The zero-order valence-electron chi connectivity index (χ0n) is 8.93. The minimum atomic E-state index is 0.0865. The van der Waals surface area contributed by atoms with E-state index >= 15 is 0 Å². The highest BCUT2D eigenvalue weighted by atomic mass is 32.2. The molecule has 1 aromatic carbocycles. The molecule has 4 heteroatoms. The van der Waals surface area contributed by atoms with E-state index in [4.69, 9.17) is 11.0 Å². The molecule has 0 aliphatic heterocycles. The van der Waals surface area contributed by atoms with Crippen molar-refractivity contribution in [1.82, 2.24) is 0 Å². The Labute approximate surface area is 98.9 Å². The third-order valence-corrected chi connectivity index (χ3v) is 2.66. The lowest BCUT2D eigenvalue weighted by atomic mass is 10.1. The molecule has 0 aliphatic rings. The van der Waals surface area contributed by atoms with Crippen LogP contribution in [0.25, 0.3) is 6.08 Å². The van der Waals surface area contributed by atoms with Gasteiger partial charge in [0.1, 0.15) is 0 Å². The number of nitrogens with zero attached hydrogens (tertiary/aromatic N) is 1. The van der Waals surface area contributed by atoms with E-state index in [2.05, 4.69) is 6.07 Å². The van der Waals surface area contributed by atoms with Gasteiger partial charge in [-0.05, 0) is 23.8 Å². The molecule has 1 aromatic rings. The molecule has 0 amide bonds. The fraction of sp³-hybridized carbons (Fsp3) is 0.167. The van der Waals surface area contributed by atoms with Crippen LogP contribution in [0.2, 0.25) is 0 Å². The molecule has 0 bridgehead atoms. The van der Waals surface area contributed by atoms with Gasteiger partial charge in [-0.1, -0.05) is 23.9 Å². The number of rotatable bonds is 3. The quantitative estimate of drug-likeness (QED) is 0.813. The predicted molar refractivity (Wildman–Crippen MR) is 67.7 cm³/mol. The number of thioether (sulfide) groups is 1. The molecule has 16 heavy (non-hydrogen) atoms. The predicted octanol–water partition coefficient (Wildman–Crippen LogP) is 2.43. The van der Waals surface area contributed by atoms with E-state index in [0.717, 1.165) is 5.56 Å². The van der Waals surface area contributed by atoms with Crippen molar-refractivity contribution in [3.8, 4) is 6.07 Å². The summed E-state index contributed by atoms with van der Waals surface area (Å²) in [5.74, 6) is 0.617. The van der Waals surface area contributed by atoms with Crippen molar-refractivity contribution in [3.63, 3.8) is 0 Å². The second-order valence-electron chi connectivity index (χ2n) is 3.16. The van der Waals surface area contributed by atoms with Crippen LogP contribution in [0.1, 0.15) is 18.1 Å². The molecule has 0 aliphatic carbocycles. The molecule has 2 N–H and O–H groups in total. The Hall–Kier alpha value is -1.73. The Kier molecular flexibility index (Phi) is 4.62. The van der Waals surface area contributed by atoms with Crippen LogP contribution in [0.5, 0.6) is 0 Å². The Bertz CT molecular complexity index is 461. The van der Waals surface area contributed by atoms with E-state index in [-0.39, 0.29) is 5.12 Å². The number of carbonyl (C=O) groups excluding carboxylic acids is 1. The fourth-order valence-electron chi connectivity index (χ4n) is 1.13. The minimum absolute atomic E-state index is 0.0865. The number of hydrogen-bond acceptors (Lipinski definition) is 4. The van der Waals surface area contributed by atoms with Gasteiger partial charge in [-0.25, -0.2) is 0 Å². The van der Waals surface area contributed by atoms with Gasteiger partial charge in [0.25, 0.3) is 0 Å². The van der Waals surface area contributed by atoms with E-state index < -0.39 is 0 Å². The maximum Gasteiger partial charge on any atom is 0.186 e. The molecule has 0 atom stereocenters. The zero-order chi connectivity index (χ0) is 12.0. The lowest BCUT2D eigenvalue weighted by Crippen LogP contribution is -1.90. The second kappa shape index (κ2) is 5.99. The molecule has 0 radical (unpaired) electrons. The molecule has 82 valence electrons. The van der Waals surface area contributed by atoms with Gasteiger partial charge in [0.15, 0.2) is 5.12 Å². The van der Waals surface area contributed by atoms with Crippen molar-refractivity contribution in [2.75, 3.05) is 11.5 Å². The van der Waals surface area contributed by atoms with Gasteiger partial charge in [-0.3, -0.25) is 4.79 Å². The highest BCUT2D eigenvalue weighted by molar-refractivity contribution is 8.13. The van der Waals surface area contributed by atoms with E-state index in [1.807, 2.05) is 12.2 Å². The first-order chi connectivity index (χ1) is 7.63. The molecule has 0 spiro atoms. The van der Waals surface area contributed by atoms with Crippen molar-refractivity contribution >= 4 is 28.6 Å². The smallest absolute Gasteiger partial charge is 0.186 e. The lowest BCUT2D eigenvalue weighted by Gasteiger charge is -2.00. The number of benzene rings is 1. The average molecular weight is 232 g/mol. The summed E-state index contributed by atoms with van der Waals surface area (Å²) in [4.78, 5) is 10.7. The molecule has 0 unspecified atom stereocenters. The number of nitrogens with two attached hydrogens (primary N) is 1. The van der Waals surface area contributed by atoms with Gasteiger partial charge in [0.05, 0.1) is 11.6 Å². The van der Waals surface area contributed by atoms with Crippen LogP contribution in [0.3, 0.4) is 0 Å². The van der Waals surface area contributed by atoms with Gasteiger partial charge in [-0.15, -0.1) is 0 Å². The number of nitriles is 1. The molecule has 0 heterocycles. The van der Waals surface area contributed by atoms with Crippen LogP contribution >= 0.6 is 11.8 Å². The molecule has 0 fully saturated rings. The summed E-state index contributed by atoms with van der Waals surface area (Å²) < 4.78 is 0. The van der Waals surface area contributed by atoms with E-state index in [0.29, 0.717) is 17.0 Å². The summed E-state index contributed by atoms with van der Waals surface area (Å²) in [6, 6.07) is 7.16. The largest absolute Gasteiger partial charge is 0.398 e. The third-order valence-electron chi connectivity index (χ3n) is 1.90. The monoisotopic (exact) mass is 232 g/mol. The lowest BCUT2D eigenvalue weighted by molar-refractivity contribution is -0.109. The van der Waals surface area contributed by atoms with Gasteiger partial charge in [0.2, 0.25) is 0 Å². The Morgan fingerprint density at radius 3 is 3.00 bits per heavy atom. The van der Waals surface area contributed by atoms with Crippen LogP contribution in [0.4, 0.5) is 5.69 Å². The molecular formula is C12H12N2OS. The van der Waals surface area contributed by atoms with Crippen LogP contribution in [0.15, 0.2) is 24.3 Å². The number of nitrogen functional groups attached to an aromatic ring is 1. The summed E-state index contributed by atoms with van der Waals surface area (Å²) in [5, 5.41) is 8.82. The van der Waals surface area contributed by atoms with Crippen molar-refractivity contribution < 1.29 is 4.79 Å². The van der Waals surface area contributed by atoms with Crippen molar-refractivity contribution in [2.45, 2.75) is 6.92 Å². The Morgan fingerprint density at radius 1 is 1.62 bits per heavy atom. The number of hydrogen-bond donors (Lipinski definition) is 1. The summed E-state index contributed by atoms with van der Waals surface area (Å²) in [7, 11) is 0. The van der Waals surface area contributed by atoms with E-state index in [1.165, 1.54) is 18.7 Å². The van der Waals surface area contributed by atoms with Crippen LogP contribution in [-0.2, 0) is 4.79 Å². The molecule has 1 rings (SSSR count). The summed E-state index contributed by atoms with van der Waals surface area (Å²) in [5.41, 5.74) is 7.77. The fourth-order valence-corrected chi connectivity index (χ4v) is 1.56. The van der Waals surface area contributed by atoms with Crippen LogP contribution in [0, 0.1) is 11.3 Å². The highest BCUT2D eigenvalue weighted by Crippen LogP contribution is 2.16. The number of carbonyl (C=O) groups is 1. The SMILES string of the molecule is CC(=O)SCC=Cc1cc(C#N)ccc1N. The highest BCUT2D eigenvalue weighted by Gasteiger charge is 1.97. The summed E-state index contributed by atoms with van der Waals surface area (Å²) in [6.07, 6.45) is 3.69. The summed E-state index contributed by atoms with van der Waals surface area (Å²) in [6.45, 7) is 1.53.